The molecule has 0 aromatic rings. The van der Waals surface area contributed by atoms with Crippen molar-refractivity contribution < 1.29 is 0 Å². The van der Waals surface area contributed by atoms with Gasteiger partial charge in [-0.05, 0) is 13.3 Å². The molecule has 5 heteroatoms. The highest BCUT2D eigenvalue weighted by Gasteiger charge is 2.20. The first-order valence-electron chi connectivity index (χ1n) is 5.91. The molecule has 0 aromatic heterocycles. The lowest BCUT2D eigenvalue weighted by atomic mass is 10.2. The highest BCUT2D eigenvalue weighted by molar-refractivity contribution is 8.14. The van der Waals surface area contributed by atoms with Crippen LogP contribution in [0.4, 0.5) is 0 Å². The minimum absolute atomic E-state index is 0.586. The van der Waals surface area contributed by atoms with Crippen LogP contribution < -0.4 is 5.32 Å². The number of nitrogens with one attached hydrogen (secondary N) is 1. The van der Waals surface area contributed by atoms with Gasteiger partial charge in [0.05, 0.1) is 6.54 Å². The van der Waals surface area contributed by atoms with E-state index in [0.717, 1.165) is 11.8 Å². The lowest BCUT2D eigenvalue weighted by Crippen LogP contribution is -2.38. The maximum atomic E-state index is 4.74. The predicted molar refractivity (Wildman–Crippen MR) is 80.1 cm³/mol. The van der Waals surface area contributed by atoms with E-state index in [2.05, 4.69) is 42.7 Å². The summed E-state index contributed by atoms with van der Waals surface area (Å²) in [6, 6.07) is 0.586. The zero-order chi connectivity index (χ0) is 11.4. The van der Waals surface area contributed by atoms with Crippen LogP contribution >= 0.6 is 35.3 Å². The third-order valence-corrected chi connectivity index (χ3v) is 6.58. The fraction of sp³-hybridized carbons (Fsp3) is 0.909. The van der Waals surface area contributed by atoms with Gasteiger partial charge in [-0.3, -0.25) is 4.99 Å². The summed E-state index contributed by atoms with van der Waals surface area (Å²) in [6.45, 7) is 5.53. The van der Waals surface area contributed by atoms with Gasteiger partial charge in [-0.25, -0.2) is 0 Å². The van der Waals surface area contributed by atoms with Gasteiger partial charge in [0, 0.05) is 33.8 Å². The molecule has 3 atom stereocenters. The zero-order valence-electron chi connectivity index (χ0n) is 9.94. The van der Waals surface area contributed by atoms with Crippen molar-refractivity contribution in [1.29, 1.82) is 0 Å². The Morgan fingerprint density at radius 3 is 2.94 bits per heavy atom. The predicted octanol–water partition coefficient (Wildman–Crippen LogP) is 2.69. The summed E-state index contributed by atoms with van der Waals surface area (Å²) in [6.07, 6.45) is 1.25. The normalized spacial score (nSPS) is 38.4. The Balaban J connectivity index is 1.81. The highest BCUT2D eigenvalue weighted by atomic mass is 32.2. The van der Waals surface area contributed by atoms with Gasteiger partial charge in [-0.2, -0.15) is 23.5 Å². The second kappa shape index (κ2) is 6.45. The number of amidine groups is 1. The largest absolute Gasteiger partial charge is 0.362 e. The smallest absolute Gasteiger partial charge is 0.157 e. The molecule has 0 aliphatic carbocycles. The van der Waals surface area contributed by atoms with E-state index in [1.165, 1.54) is 28.8 Å². The van der Waals surface area contributed by atoms with Crippen LogP contribution in [0.1, 0.15) is 20.3 Å². The second-order valence-corrected chi connectivity index (χ2v) is 8.41. The zero-order valence-corrected chi connectivity index (χ0v) is 12.4. The molecule has 3 unspecified atom stereocenters. The van der Waals surface area contributed by atoms with Crippen LogP contribution in [0.3, 0.4) is 0 Å². The molecule has 2 nitrogen and oxygen atoms in total. The molecule has 0 saturated carbocycles. The van der Waals surface area contributed by atoms with Gasteiger partial charge in [-0.1, -0.05) is 18.7 Å². The summed E-state index contributed by atoms with van der Waals surface area (Å²) in [5.74, 6) is 3.89. The van der Waals surface area contributed by atoms with E-state index in [1.54, 1.807) is 0 Å². The molecule has 0 amide bonds. The quantitative estimate of drug-likeness (QED) is 0.838. The van der Waals surface area contributed by atoms with Crippen molar-refractivity contribution in [2.45, 2.75) is 36.8 Å². The van der Waals surface area contributed by atoms with Crippen molar-refractivity contribution in [3.05, 3.63) is 0 Å². The van der Waals surface area contributed by atoms with Crippen molar-refractivity contribution >= 4 is 40.5 Å². The van der Waals surface area contributed by atoms with E-state index in [-0.39, 0.29) is 0 Å². The van der Waals surface area contributed by atoms with Crippen LogP contribution in [-0.4, -0.2) is 45.5 Å². The first-order chi connectivity index (χ1) is 7.74. The van der Waals surface area contributed by atoms with E-state index >= 15 is 0 Å². The van der Waals surface area contributed by atoms with Gasteiger partial charge >= 0.3 is 0 Å². The number of hydrogen-bond acceptors (Lipinski definition) is 4. The van der Waals surface area contributed by atoms with E-state index in [0.29, 0.717) is 11.3 Å². The standard InChI is InChI=1S/C11H20N2S3/c1-8-5-9(2)16-11(13-8)12-6-10-7-14-3-4-15-10/h8-10H,3-7H2,1-2H3,(H,12,13). The molecular formula is C11H20N2S3. The van der Waals surface area contributed by atoms with Gasteiger partial charge in [-0.15, -0.1) is 0 Å². The van der Waals surface area contributed by atoms with Crippen molar-refractivity contribution in [2.24, 2.45) is 4.99 Å². The molecule has 92 valence electrons. The van der Waals surface area contributed by atoms with Crippen molar-refractivity contribution in [1.82, 2.24) is 5.32 Å². The van der Waals surface area contributed by atoms with Crippen molar-refractivity contribution in [3.63, 3.8) is 0 Å². The maximum absolute atomic E-state index is 4.74. The maximum Gasteiger partial charge on any atom is 0.157 e. The summed E-state index contributed by atoms with van der Waals surface area (Å²) in [7, 11) is 0. The van der Waals surface area contributed by atoms with Crippen LogP contribution in [0.15, 0.2) is 4.99 Å². The van der Waals surface area contributed by atoms with Gasteiger partial charge in [0.2, 0.25) is 0 Å². The van der Waals surface area contributed by atoms with Crippen LogP contribution in [0, 0.1) is 0 Å². The molecule has 1 N–H and O–H groups in total. The van der Waals surface area contributed by atoms with Crippen LogP contribution in [-0.2, 0) is 0 Å². The first kappa shape index (κ1) is 13.0. The molecule has 2 saturated heterocycles. The molecule has 2 aliphatic rings. The Kier molecular flexibility index (Phi) is 5.23. The lowest BCUT2D eigenvalue weighted by molar-refractivity contribution is 0.597. The molecule has 0 bridgehead atoms. The fourth-order valence-corrected chi connectivity index (χ4v) is 5.71. The number of hydrogen-bond donors (Lipinski definition) is 1. The minimum Gasteiger partial charge on any atom is -0.362 e. The molecule has 0 spiro atoms. The van der Waals surface area contributed by atoms with E-state index in [9.17, 15) is 0 Å². The molecule has 2 fully saturated rings. The summed E-state index contributed by atoms with van der Waals surface area (Å²) in [5.41, 5.74) is 0. The third-order valence-electron chi connectivity index (χ3n) is 2.69. The SMILES string of the molecule is CC1CC(C)SC(=NCC2CSCCS2)N1. The third kappa shape index (κ3) is 4.08. The van der Waals surface area contributed by atoms with Crippen LogP contribution in [0.5, 0.6) is 0 Å². The number of rotatable bonds is 2. The summed E-state index contributed by atoms with van der Waals surface area (Å²) in [5, 5.41) is 6.10. The molecule has 2 rings (SSSR count). The monoisotopic (exact) mass is 276 g/mol. The van der Waals surface area contributed by atoms with Crippen molar-refractivity contribution in [2.75, 3.05) is 23.8 Å². The van der Waals surface area contributed by atoms with Gasteiger partial charge in [0.15, 0.2) is 5.17 Å². The molecular weight excluding hydrogens is 256 g/mol. The summed E-state index contributed by atoms with van der Waals surface area (Å²) >= 11 is 6.06. The van der Waals surface area contributed by atoms with Gasteiger partial charge in [0.1, 0.15) is 0 Å². The Hall–Kier alpha value is 0.520. The van der Waals surface area contributed by atoms with Crippen LogP contribution in [0.2, 0.25) is 0 Å². The summed E-state index contributed by atoms with van der Waals surface area (Å²) in [4.78, 5) is 4.74. The average molecular weight is 276 g/mol. The van der Waals surface area contributed by atoms with E-state index in [1.807, 2.05) is 11.8 Å². The van der Waals surface area contributed by atoms with Crippen molar-refractivity contribution in [3.8, 4) is 0 Å². The minimum atomic E-state index is 0.586. The van der Waals surface area contributed by atoms with Gasteiger partial charge in [0.25, 0.3) is 0 Å². The number of aliphatic imine (C=N–C) groups is 1. The highest BCUT2D eigenvalue weighted by Crippen LogP contribution is 2.26. The molecule has 16 heavy (non-hydrogen) atoms. The first-order valence-corrected chi connectivity index (χ1v) is 8.99. The molecule has 0 aromatic carbocycles. The molecule has 0 radical (unpaired) electrons. The Labute approximate surface area is 111 Å². The van der Waals surface area contributed by atoms with Gasteiger partial charge < -0.3 is 5.32 Å². The number of nitrogens with zero attached hydrogens (tertiary/aromatic N) is 1. The van der Waals surface area contributed by atoms with E-state index in [4.69, 9.17) is 4.99 Å². The second-order valence-electron chi connectivity index (χ2n) is 4.42. The lowest BCUT2D eigenvalue weighted by Gasteiger charge is -2.27. The Morgan fingerprint density at radius 1 is 1.38 bits per heavy atom. The average Bonchev–Trinajstić information content (AvgIpc) is 2.27. The van der Waals surface area contributed by atoms with Crippen LogP contribution in [0.25, 0.3) is 0 Å². The number of thioether (sulfide) groups is 3. The Bertz CT molecular complexity index is 240. The van der Waals surface area contributed by atoms with E-state index < -0.39 is 0 Å². The Morgan fingerprint density at radius 2 is 2.25 bits per heavy atom. The molecule has 2 heterocycles. The summed E-state index contributed by atoms with van der Waals surface area (Å²) < 4.78 is 0. The topological polar surface area (TPSA) is 24.4 Å². The molecule has 2 aliphatic heterocycles. The fourth-order valence-electron chi connectivity index (χ4n) is 1.95.